The summed E-state index contributed by atoms with van der Waals surface area (Å²) in [6.45, 7) is 6.92. The number of nitrogens with zero attached hydrogens (tertiary/aromatic N) is 1. The lowest BCUT2D eigenvalue weighted by Crippen LogP contribution is -2.47. The second kappa shape index (κ2) is 6.96. The van der Waals surface area contributed by atoms with Gasteiger partial charge >= 0.3 is 6.03 Å². The Balaban J connectivity index is 2.45. The molecule has 3 amide bonds. The molecule has 0 spiro atoms. The van der Waals surface area contributed by atoms with Crippen LogP contribution in [0.25, 0.3) is 0 Å². The first-order valence-electron chi connectivity index (χ1n) is 7.30. The number of carbonyl (C=O) groups is 2. The number of carbonyl (C=O) groups excluding carboxylic acids is 2. The first-order valence-corrected chi connectivity index (χ1v) is 8.10. The number of nitrogens with one attached hydrogen (secondary N) is 2. The van der Waals surface area contributed by atoms with Gasteiger partial charge in [0, 0.05) is 23.3 Å². The zero-order valence-electron chi connectivity index (χ0n) is 12.9. The van der Waals surface area contributed by atoms with Gasteiger partial charge in [0.25, 0.3) is 5.91 Å². The Morgan fingerprint density at radius 1 is 1.23 bits per heavy atom. The van der Waals surface area contributed by atoms with E-state index in [2.05, 4.69) is 26.6 Å². The normalized spacial score (nSPS) is 17.8. The SMILES string of the molecule is CCN(CC)C(=O)C1=C(C)NC(=O)NC1c1ccc(Br)cc1. The van der Waals surface area contributed by atoms with E-state index >= 15 is 0 Å². The molecule has 1 aliphatic heterocycles. The first kappa shape index (κ1) is 16.5. The fraction of sp³-hybridized carbons (Fsp3) is 0.375. The second-order valence-corrected chi connectivity index (χ2v) is 6.01. The molecule has 6 heteroatoms. The van der Waals surface area contributed by atoms with E-state index in [0.29, 0.717) is 24.4 Å². The molecule has 1 heterocycles. The van der Waals surface area contributed by atoms with Gasteiger partial charge in [0.15, 0.2) is 0 Å². The van der Waals surface area contributed by atoms with Crippen molar-refractivity contribution in [2.75, 3.05) is 13.1 Å². The van der Waals surface area contributed by atoms with Crippen LogP contribution in [0.1, 0.15) is 32.4 Å². The maximum atomic E-state index is 12.8. The second-order valence-electron chi connectivity index (χ2n) is 5.10. The van der Waals surface area contributed by atoms with Crippen molar-refractivity contribution in [1.29, 1.82) is 0 Å². The van der Waals surface area contributed by atoms with E-state index in [0.717, 1.165) is 10.0 Å². The number of hydrogen-bond donors (Lipinski definition) is 2. The molecule has 5 nitrogen and oxygen atoms in total. The molecule has 118 valence electrons. The van der Waals surface area contributed by atoms with E-state index in [9.17, 15) is 9.59 Å². The monoisotopic (exact) mass is 365 g/mol. The number of halogens is 1. The lowest BCUT2D eigenvalue weighted by atomic mass is 9.94. The van der Waals surface area contributed by atoms with E-state index in [4.69, 9.17) is 0 Å². The van der Waals surface area contributed by atoms with Crippen molar-refractivity contribution >= 4 is 27.9 Å². The molecule has 2 N–H and O–H groups in total. The lowest BCUT2D eigenvalue weighted by molar-refractivity contribution is -0.127. The summed E-state index contributed by atoms with van der Waals surface area (Å²) in [6, 6.07) is 6.89. The van der Waals surface area contributed by atoms with E-state index in [1.54, 1.807) is 11.8 Å². The minimum atomic E-state index is -0.435. The van der Waals surface area contributed by atoms with Gasteiger partial charge in [-0.25, -0.2) is 4.79 Å². The van der Waals surface area contributed by atoms with Crippen LogP contribution in [0.3, 0.4) is 0 Å². The van der Waals surface area contributed by atoms with Gasteiger partial charge < -0.3 is 15.5 Å². The molecule has 1 aliphatic rings. The highest BCUT2D eigenvalue weighted by molar-refractivity contribution is 9.10. The Morgan fingerprint density at radius 2 is 1.82 bits per heavy atom. The van der Waals surface area contributed by atoms with Crippen molar-refractivity contribution in [3.63, 3.8) is 0 Å². The number of benzene rings is 1. The molecule has 0 radical (unpaired) electrons. The highest BCUT2D eigenvalue weighted by atomic mass is 79.9. The summed E-state index contributed by atoms with van der Waals surface area (Å²) in [5.41, 5.74) is 2.08. The quantitative estimate of drug-likeness (QED) is 0.861. The predicted molar refractivity (Wildman–Crippen MR) is 89.2 cm³/mol. The van der Waals surface area contributed by atoms with Crippen molar-refractivity contribution in [3.05, 3.63) is 45.6 Å². The Bertz CT molecular complexity index is 606. The average Bonchev–Trinajstić information content (AvgIpc) is 2.48. The van der Waals surface area contributed by atoms with E-state index in [-0.39, 0.29) is 11.9 Å². The number of rotatable bonds is 4. The molecule has 0 aliphatic carbocycles. The van der Waals surface area contributed by atoms with Gasteiger partial charge in [0.05, 0.1) is 11.6 Å². The third-order valence-corrected chi connectivity index (χ3v) is 4.28. The summed E-state index contributed by atoms with van der Waals surface area (Å²) in [5.74, 6) is -0.0529. The first-order chi connectivity index (χ1) is 10.5. The minimum Gasteiger partial charge on any atom is -0.339 e. The predicted octanol–water partition coefficient (Wildman–Crippen LogP) is 2.95. The molecule has 0 saturated heterocycles. The van der Waals surface area contributed by atoms with Crippen molar-refractivity contribution in [2.24, 2.45) is 0 Å². The van der Waals surface area contributed by atoms with Crippen molar-refractivity contribution in [3.8, 4) is 0 Å². The summed E-state index contributed by atoms with van der Waals surface area (Å²) in [4.78, 5) is 26.4. The maximum Gasteiger partial charge on any atom is 0.319 e. The largest absolute Gasteiger partial charge is 0.339 e. The van der Waals surface area contributed by atoms with Crippen LogP contribution in [0.5, 0.6) is 0 Å². The number of allylic oxidation sites excluding steroid dienone is 1. The zero-order chi connectivity index (χ0) is 16.3. The van der Waals surface area contributed by atoms with Crippen LogP contribution < -0.4 is 10.6 Å². The molecule has 1 aromatic carbocycles. The molecule has 0 bridgehead atoms. The van der Waals surface area contributed by atoms with Gasteiger partial charge in [-0.05, 0) is 38.5 Å². The van der Waals surface area contributed by atoms with Crippen molar-refractivity contribution in [1.82, 2.24) is 15.5 Å². The Morgan fingerprint density at radius 3 is 2.36 bits per heavy atom. The van der Waals surface area contributed by atoms with Crippen LogP contribution in [-0.4, -0.2) is 29.9 Å². The molecule has 22 heavy (non-hydrogen) atoms. The summed E-state index contributed by atoms with van der Waals surface area (Å²) >= 11 is 3.40. The average molecular weight is 366 g/mol. The van der Waals surface area contributed by atoms with Gasteiger partial charge in [-0.3, -0.25) is 4.79 Å². The molecular weight excluding hydrogens is 346 g/mol. The maximum absolute atomic E-state index is 12.8. The zero-order valence-corrected chi connectivity index (χ0v) is 14.5. The molecule has 1 aromatic rings. The molecule has 0 saturated carbocycles. The topological polar surface area (TPSA) is 61.4 Å². The highest BCUT2D eigenvalue weighted by Gasteiger charge is 2.32. The van der Waals surface area contributed by atoms with Gasteiger partial charge in [-0.2, -0.15) is 0 Å². The molecule has 0 aromatic heterocycles. The van der Waals surface area contributed by atoms with Crippen LogP contribution in [0, 0.1) is 0 Å². The van der Waals surface area contributed by atoms with Crippen LogP contribution in [0.4, 0.5) is 4.79 Å². The molecule has 1 atom stereocenters. The molecule has 1 unspecified atom stereocenters. The van der Waals surface area contributed by atoms with Gasteiger partial charge in [0.2, 0.25) is 0 Å². The Labute approximate surface area is 138 Å². The minimum absolute atomic E-state index is 0.0529. The summed E-state index contributed by atoms with van der Waals surface area (Å²) in [6.07, 6.45) is 0. The fourth-order valence-corrected chi connectivity index (χ4v) is 2.83. The van der Waals surface area contributed by atoms with Gasteiger partial charge in [0.1, 0.15) is 0 Å². The standard InChI is InChI=1S/C16H20BrN3O2/c1-4-20(5-2)15(21)13-10(3)18-16(22)19-14(13)11-6-8-12(17)9-7-11/h6-9,14H,4-5H2,1-3H3,(H2,18,19,22). The van der Waals surface area contributed by atoms with Crippen LogP contribution >= 0.6 is 15.9 Å². The van der Waals surface area contributed by atoms with E-state index in [1.165, 1.54) is 0 Å². The van der Waals surface area contributed by atoms with Gasteiger partial charge in [-0.15, -0.1) is 0 Å². The highest BCUT2D eigenvalue weighted by Crippen LogP contribution is 2.28. The van der Waals surface area contributed by atoms with E-state index < -0.39 is 6.04 Å². The third kappa shape index (κ3) is 3.32. The molecular formula is C16H20BrN3O2. The van der Waals surface area contributed by atoms with Gasteiger partial charge in [-0.1, -0.05) is 28.1 Å². The van der Waals surface area contributed by atoms with E-state index in [1.807, 2.05) is 38.1 Å². The lowest BCUT2D eigenvalue weighted by Gasteiger charge is -2.31. The number of likely N-dealkylation sites (N-methyl/N-ethyl adjacent to an activating group) is 1. The Hall–Kier alpha value is -1.82. The smallest absolute Gasteiger partial charge is 0.319 e. The summed E-state index contributed by atoms with van der Waals surface area (Å²) < 4.78 is 0.953. The number of amides is 3. The summed E-state index contributed by atoms with van der Waals surface area (Å²) in [7, 11) is 0. The fourth-order valence-electron chi connectivity index (χ4n) is 2.56. The van der Waals surface area contributed by atoms with Crippen LogP contribution in [0.15, 0.2) is 40.0 Å². The Kier molecular flexibility index (Phi) is 5.24. The van der Waals surface area contributed by atoms with Crippen LogP contribution in [-0.2, 0) is 4.79 Å². The number of hydrogen-bond acceptors (Lipinski definition) is 2. The number of urea groups is 1. The third-order valence-electron chi connectivity index (χ3n) is 3.75. The van der Waals surface area contributed by atoms with Crippen LogP contribution in [0.2, 0.25) is 0 Å². The van der Waals surface area contributed by atoms with Crippen molar-refractivity contribution < 1.29 is 9.59 Å². The molecule has 2 rings (SSSR count). The van der Waals surface area contributed by atoms with Crippen molar-refractivity contribution in [2.45, 2.75) is 26.8 Å². The molecule has 0 fully saturated rings. The summed E-state index contributed by atoms with van der Waals surface area (Å²) in [5, 5.41) is 5.54.